The largest absolute Gasteiger partial charge is 0.490 e. The van der Waals surface area contributed by atoms with E-state index in [9.17, 15) is 5.11 Å². The molecule has 2 heterocycles. The van der Waals surface area contributed by atoms with Crippen molar-refractivity contribution in [1.29, 1.82) is 0 Å². The van der Waals surface area contributed by atoms with Gasteiger partial charge in [-0.15, -0.1) is 11.3 Å². The van der Waals surface area contributed by atoms with Crippen LogP contribution in [0, 0.1) is 6.92 Å². The molecule has 0 amide bonds. The second-order valence-electron chi connectivity index (χ2n) is 5.95. The van der Waals surface area contributed by atoms with E-state index in [2.05, 4.69) is 9.88 Å². The zero-order valence-electron chi connectivity index (χ0n) is 13.3. The van der Waals surface area contributed by atoms with Crippen LogP contribution < -0.4 is 4.74 Å². The summed E-state index contributed by atoms with van der Waals surface area (Å²) >= 11 is 1.65. The Morgan fingerprint density at radius 1 is 1.39 bits per heavy atom. The fourth-order valence-corrected chi connectivity index (χ4v) is 3.45. The van der Waals surface area contributed by atoms with Crippen molar-refractivity contribution >= 4 is 11.3 Å². The predicted octanol–water partition coefficient (Wildman–Crippen LogP) is 2.09. The minimum atomic E-state index is -1.01. The molecule has 2 aromatic rings. The van der Waals surface area contributed by atoms with Gasteiger partial charge in [0.25, 0.3) is 0 Å². The second-order valence-corrected chi connectivity index (χ2v) is 6.89. The Balaban J connectivity index is 1.62. The lowest BCUT2D eigenvalue weighted by molar-refractivity contribution is -0.0646. The van der Waals surface area contributed by atoms with Crippen molar-refractivity contribution in [3.05, 3.63) is 46.4 Å². The number of thiazole rings is 1. The second kappa shape index (κ2) is 7.40. The molecule has 1 aliphatic rings. The van der Waals surface area contributed by atoms with Crippen molar-refractivity contribution < 1.29 is 14.6 Å². The number of nitrogens with zero attached hydrogens (tertiary/aromatic N) is 2. The number of β-amino-alcohol motifs (C(OH)–C–C–N with tert-alkyl or cyclic N) is 1. The van der Waals surface area contributed by atoms with Crippen LogP contribution in [0.25, 0.3) is 0 Å². The normalized spacial score (nSPS) is 22.7. The van der Waals surface area contributed by atoms with Gasteiger partial charge < -0.3 is 14.6 Å². The van der Waals surface area contributed by atoms with Crippen LogP contribution in [-0.4, -0.2) is 53.5 Å². The average Bonchev–Trinajstić information content (AvgIpc) is 2.85. The highest BCUT2D eigenvalue weighted by Crippen LogP contribution is 2.20. The van der Waals surface area contributed by atoms with E-state index in [4.69, 9.17) is 9.47 Å². The molecule has 1 aromatic heterocycles. The third-order valence-corrected chi connectivity index (χ3v) is 4.82. The summed E-state index contributed by atoms with van der Waals surface area (Å²) < 4.78 is 11.3. The van der Waals surface area contributed by atoms with E-state index in [-0.39, 0.29) is 13.2 Å². The molecule has 5 nitrogen and oxygen atoms in total. The molecule has 1 unspecified atom stereocenters. The highest BCUT2D eigenvalue weighted by atomic mass is 32.1. The molecule has 0 bridgehead atoms. The first-order valence-corrected chi connectivity index (χ1v) is 8.62. The molecular weight excluding hydrogens is 312 g/mol. The Labute approximate surface area is 140 Å². The third-order valence-electron chi connectivity index (χ3n) is 3.90. The van der Waals surface area contributed by atoms with Crippen LogP contribution in [0.3, 0.4) is 0 Å². The van der Waals surface area contributed by atoms with Crippen LogP contribution in [-0.2, 0) is 11.3 Å². The van der Waals surface area contributed by atoms with Crippen molar-refractivity contribution in [2.24, 2.45) is 0 Å². The van der Waals surface area contributed by atoms with Gasteiger partial charge in [0.15, 0.2) is 0 Å². The number of ether oxygens (including phenoxy) is 2. The topological polar surface area (TPSA) is 54.8 Å². The smallest absolute Gasteiger partial charge is 0.134 e. The van der Waals surface area contributed by atoms with Crippen molar-refractivity contribution in [2.75, 3.05) is 32.9 Å². The van der Waals surface area contributed by atoms with Crippen LogP contribution in [0.1, 0.15) is 10.6 Å². The van der Waals surface area contributed by atoms with Crippen molar-refractivity contribution in [1.82, 2.24) is 9.88 Å². The Kier molecular flexibility index (Phi) is 5.27. The first-order valence-electron chi connectivity index (χ1n) is 7.74. The summed E-state index contributed by atoms with van der Waals surface area (Å²) in [6, 6.07) is 9.55. The quantitative estimate of drug-likeness (QED) is 0.907. The van der Waals surface area contributed by atoms with E-state index in [1.165, 1.54) is 4.88 Å². The molecule has 1 atom stereocenters. The standard InChI is InChI=1S/C17H22N2O3S/c1-14-16(23-13-18-14)9-19-7-8-21-11-17(20,10-19)12-22-15-5-3-2-4-6-15/h2-6,13,20H,7-12H2,1H3. The van der Waals surface area contributed by atoms with Gasteiger partial charge in [-0.3, -0.25) is 4.90 Å². The maximum Gasteiger partial charge on any atom is 0.134 e. The van der Waals surface area contributed by atoms with E-state index in [1.807, 2.05) is 42.8 Å². The molecular formula is C17H22N2O3S. The zero-order chi connectivity index (χ0) is 16.1. The number of benzene rings is 1. The number of para-hydroxylation sites is 1. The number of rotatable bonds is 5. The molecule has 1 aromatic carbocycles. The molecule has 3 rings (SSSR count). The molecule has 1 fully saturated rings. The molecule has 0 radical (unpaired) electrons. The Morgan fingerprint density at radius 3 is 2.96 bits per heavy atom. The SMILES string of the molecule is Cc1ncsc1CN1CCOCC(O)(COc2ccccc2)C1. The molecule has 0 aliphatic carbocycles. The number of hydrogen-bond acceptors (Lipinski definition) is 6. The van der Waals surface area contributed by atoms with Crippen LogP contribution in [0.2, 0.25) is 0 Å². The number of hydrogen-bond donors (Lipinski definition) is 1. The van der Waals surface area contributed by atoms with Crippen molar-refractivity contribution in [3.8, 4) is 5.75 Å². The molecule has 0 saturated carbocycles. The zero-order valence-corrected chi connectivity index (χ0v) is 14.1. The Bertz CT molecular complexity index is 619. The fourth-order valence-electron chi connectivity index (χ4n) is 2.63. The lowest BCUT2D eigenvalue weighted by Gasteiger charge is -2.30. The highest BCUT2D eigenvalue weighted by molar-refractivity contribution is 7.09. The highest BCUT2D eigenvalue weighted by Gasteiger charge is 2.33. The monoisotopic (exact) mass is 334 g/mol. The molecule has 1 saturated heterocycles. The summed E-state index contributed by atoms with van der Waals surface area (Å²) in [6.45, 7) is 5.25. The van der Waals surface area contributed by atoms with E-state index >= 15 is 0 Å². The average molecular weight is 334 g/mol. The van der Waals surface area contributed by atoms with Crippen LogP contribution in [0.4, 0.5) is 0 Å². The van der Waals surface area contributed by atoms with Gasteiger partial charge in [-0.1, -0.05) is 18.2 Å². The summed E-state index contributed by atoms with van der Waals surface area (Å²) in [6.07, 6.45) is 0. The van der Waals surface area contributed by atoms with Crippen molar-refractivity contribution in [2.45, 2.75) is 19.1 Å². The maximum absolute atomic E-state index is 10.9. The maximum atomic E-state index is 10.9. The van der Waals surface area contributed by atoms with Gasteiger partial charge >= 0.3 is 0 Å². The number of aryl methyl sites for hydroxylation is 1. The molecule has 1 aliphatic heterocycles. The minimum absolute atomic E-state index is 0.217. The van der Waals surface area contributed by atoms with E-state index in [0.717, 1.165) is 24.5 Å². The van der Waals surface area contributed by atoms with Gasteiger partial charge in [-0.2, -0.15) is 0 Å². The summed E-state index contributed by atoms with van der Waals surface area (Å²) in [5, 5.41) is 10.9. The Morgan fingerprint density at radius 2 is 2.22 bits per heavy atom. The molecule has 0 spiro atoms. The predicted molar refractivity (Wildman–Crippen MR) is 89.8 cm³/mol. The minimum Gasteiger partial charge on any atom is -0.490 e. The summed E-state index contributed by atoms with van der Waals surface area (Å²) in [5.74, 6) is 0.759. The first-order chi connectivity index (χ1) is 11.1. The van der Waals surface area contributed by atoms with Gasteiger partial charge in [0, 0.05) is 24.5 Å². The lowest BCUT2D eigenvalue weighted by Crippen LogP contribution is -2.48. The first kappa shape index (κ1) is 16.4. The number of aliphatic hydroxyl groups is 1. The van der Waals surface area contributed by atoms with Crippen LogP contribution >= 0.6 is 11.3 Å². The third kappa shape index (κ3) is 4.51. The fraction of sp³-hybridized carbons (Fsp3) is 0.471. The van der Waals surface area contributed by atoms with E-state index in [0.29, 0.717) is 13.2 Å². The molecule has 1 N–H and O–H groups in total. The summed E-state index contributed by atoms with van der Waals surface area (Å²) in [4.78, 5) is 7.74. The van der Waals surface area contributed by atoms with Gasteiger partial charge in [-0.25, -0.2) is 4.98 Å². The van der Waals surface area contributed by atoms with Gasteiger partial charge in [0.1, 0.15) is 18.0 Å². The Hall–Kier alpha value is -1.47. The van der Waals surface area contributed by atoms with Gasteiger partial charge in [0.2, 0.25) is 0 Å². The van der Waals surface area contributed by atoms with E-state index < -0.39 is 5.60 Å². The summed E-state index contributed by atoms with van der Waals surface area (Å²) in [5.41, 5.74) is 1.92. The van der Waals surface area contributed by atoms with Crippen LogP contribution in [0.5, 0.6) is 5.75 Å². The number of aromatic nitrogens is 1. The van der Waals surface area contributed by atoms with E-state index in [1.54, 1.807) is 11.3 Å². The van der Waals surface area contributed by atoms with Crippen LogP contribution in [0.15, 0.2) is 35.8 Å². The van der Waals surface area contributed by atoms with Gasteiger partial charge in [-0.05, 0) is 19.1 Å². The molecule has 23 heavy (non-hydrogen) atoms. The van der Waals surface area contributed by atoms with Gasteiger partial charge in [0.05, 0.1) is 24.4 Å². The lowest BCUT2D eigenvalue weighted by atomic mass is 10.1. The summed E-state index contributed by atoms with van der Waals surface area (Å²) in [7, 11) is 0. The molecule has 6 heteroatoms. The van der Waals surface area contributed by atoms with Crippen molar-refractivity contribution in [3.63, 3.8) is 0 Å². The molecule has 124 valence electrons.